The van der Waals surface area contributed by atoms with Gasteiger partial charge in [-0.15, -0.1) is 11.3 Å². The maximum absolute atomic E-state index is 16.7. The predicted octanol–water partition coefficient (Wildman–Crippen LogP) is 8.60. The first-order valence-electron chi connectivity index (χ1n) is 23.9. The van der Waals surface area contributed by atoms with Crippen LogP contribution in [0.3, 0.4) is 0 Å². The molecule has 5 heterocycles. The number of nitrogens with zero attached hydrogens (tertiary/aromatic N) is 3. The quantitative estimate of drug-likeness (QED) is 0.0827. The normalized spacial score (nSPS) is 25.9. The van der Waals surface area contributed by atoms with Crippen molar-refractivity contribution in [3.05, 3.63) is 101 Å². The van der Waals surface area contributed by atoms with Crippen molar-refractivity contribution in [2.24, 2.45) is 5.41 Å². The van der Waals surface area contributed by atoms with Crippen molar-refractivity contribution >= 4 is 52.6 Å². The molecule has 5 aliphatic rings. The summed E-state index contributed by atoms with van der Waals surface area (Å²) in [6, 6.07) is 22.3. The Morgan fingerprint density at radius 3 is 2.42 bits per heavy atom. The number of benzene rings is 3. The summed E-state index contributed by atoms with van der Waals surface area (Å²) in [6.45, 7) is 8.56. The molecule has 1 unspecified atom stereocenters. The van der Waals surface area contributed by atoms with Crippen molar-refractivity contribution < 1.29 is 42.1 Å². The molecule has 3 aromatic carbocycles. The van der Waals surface area contributed by atoms with Crippen LogP contribution in [-0.2, 0) is 28.4 Å². The van der Waals surface area contributed by atoms with Crippen LogP contribution in [0.25, 0.3) is 10.1 Å². The molecular weight excluding hydrogens is 893 g/mol. The van der Waals surface area contributed by atoms with Gasteiger partial charge in [0.15, 0.2) is 0 Å². The lowest BCUT2D eigenvalue weighted by molar-refractivity contribution is -0.148. The van der Waals surface area contributed by atoms with Crippen molar-refractivity contribution in [3.8, 4) is 5.75 Å². The summed E-state index contributed by atoms with van der Waals surface area (Å²) in [5, 5.41) is 6.26. The standard InChI is InChI=1S/C51H63FN5O8PS/c1-5-24-64-49(61)33(2)54-66(62,65-40-14-10-7-11-15-40)45(52)35-16-21-43-36(25-35)26-44(67-43)46(58)53-41-19-17-38(55(4)30-50(3)31-63-32-50)27-39-18-20-42(57(39)47(41)59)48(60)56-29-37(28-51(56)22-23-51)34-12-8-6-9-13-34/h6-16,21,25-26,33,37-39,41-42,45H,5,17-20,22-24,27-32H2,1-4H3,(H,53,58)(H,54,62)/t33-,37+,38-,39+,41-,42-,45+,66?/m0/s1. The number of esters is 1. The van der Waals surface area contributed by atoms with Crippen LogP contribution in [-0.4, -0.2) is 114 Å². The molecular formula is C51H63FN5O8PS. The van der Waals surface area contributed by atoms with Crippen molar-refractivity contribution in [1.82, 2.24) is 25.1 Å². The lowest BCUT2D eigenvalue weighted by Crippen LogP contribution is -2.59. The molecule has 0 radical (unpaired) electrons. The van der Waals surface area contributed by atoms with Gasteiger partial charge in [-0.3, -0.25) is 23.7 Å². The third-order valence-corrected chi connectivity index (χ3v) is 17.8. The Hall–Kier alpha value is -4.66. The van der Waals surface area contributed by atoms with Gasteiger partial charge in [0.05, 0.1) is 24.7 Å². The maximum Gasteiger partial charge on any atom is 0.355 e. The Labute approximate surface area is 396 Å². The number of ether oxygens (including phenoxy) is 2. The van der Waals surface area contributed by atoms with Crippen molar-refractivity contribution in [2.75, 3.05) is 40.0 Å². The van der Waals surface area contributed by atoms with Crippen molar-refractivity contribution in [1.29, 1.82) is 0 Å². The number of hydrogen-bond donors (Lipinski definition) is 2. The number of carbonyl (C=O) groups excluding carboxylic acids is 4. The molecule has 8 atom stereocenters. The van der Waals surface area contributed by atoms with E-state index >= 15 is 4.39 Å². The molecule has 67 heavy (non-hydrogen) atoms. The number of halogens is 1. The van der Waals surface area contributed by atoms with Gasteiger partial charge in [0.2, 0.25) is 17.7 Å². The second-order valence-electron chi connectivity index (χ2n) is 20.0. The van der Waals surface area contributed by atoms with Gasteiger partial charge in [-0.2, -0.15) is 0 Å². The van der Waals surface area contributed by atoms with Gasteiger partial charge in [-0.25, -0.2) is 9.48 Å². The number of fused-ring (bicyclic) bond motifs is 2. The number of thiophene rings is 1. The summed E-state index contributed by atoms with van der Waals surface area (Å²) in [5.74, 6) is -3.12. The van der Waals surface area contributed by atoms with Crippen LogP contribution < -0.4 is 14.9 Å². The zero-order chi connectivity index (χ0) is 47.1. The van der Waals surface area contributed by atoms with Gasteiger partial charge < -0.3 is 34.0 Å². The van der Waals surface area contributed by atoms with Crippen LogP contribution in [0.4, 0.5) is 4.39 Å². The number of alkyl halides is 1. The molecule has 4 aliphatic heterocycles. The molecule has 1 aliphatic carbocycles. The summed E-state index contributed by atoms with van der Waals surface area (Å²) >= 11 is 1.21. The van der Waals surface area contributed by atoms with Gasteiger partial charge in [0.25, 0.3) is 5.91 Å². The minimum atomic E-state index is -4.47. The fourth-order valence-electron chi connectivity index (χ4n) is 10.9. The maximum atomic E-state index is 16.7. The highest BCUT2D eigenvalue weighted by atomic mass is 32.1. The Kier molecular flexibility index (Phi) is 13.7. The lowest BCUT2D eigenvalue weighted by atomic mass is 9.86. The topological polar surface area (TPSA) is 147 Å². The molecule has 2 N–H and O–H groups in total. The fraction of sp³-hybridized carbons (Fsp3) is 0.529. The van der Waals surface area contributed by atoms with E-state index in [0.29, 0.717) is 66.8 Å². The number of rotatable bonds is 16. The van der Waals surface area contributed by atoms with E-state index in [9.17, 15) is 23.7 Å². The highest BCUT2D eigenvalue weighted by Gasteiger charge is 2.59. The molecule has 5 fully saturated rings. The first-order valence-corrected chi connectivity index (χ1v) is 26.4. The lowest BCUT2D eigenvalue weighted by Gasteiger charge is -2.45. The van der Waals surface area contributed by atoms with Crippen LogP contribution in [0.5, 0.6) is 5.75 Å². The van der Waals surface area contributed by atoms with E-state index in [0.717, 1.165) is 32.2 Å². The van der Waals surface area contributed by atoms with E-state index in [4.69, 9.17) is 14.0 Å². The van der Waals surface area contributed by atoms with Crippen molar-refractivity contribution in [3.63, 3.8) is 0 Å². The van der Waals surface area contributed by atoms with E-state index in [1.807, 2.05) is 17.9 Å². The molecule has 4 saturated heterocycles. The molecule has 1 aromatic heterocycles. The van der Waals surface area contributed by atoms with Crippen molar-refractivity contribution in [2.45, 2.75) is 126 Å². The van der Waals surface area contributed by atoms with Gasteiger partial charge >= 0.3 is 13.5 Å². The van der Waals surface area contributed by atoms with Crippen LogP contribution >= 0.6 is 18.9 Å². The van der Waals surface area contributed by atoms with Gasteiger partial charge in [-0.05, 0) is 119 Å². The Morgan fingerprint density at radius 2 is 1.73 bits per heavy atom. The monoisotopic (exact) mass is 955 g/mol. The molecule has 1 spiro atoms. The van der Waals surface area contributed by atoms with Crippen LogP contribution in [0.15, 0.2) is 84.9 Å². The number of likely N-dealkylation sites (tertiary alicyclic amines) is 1. The molecule has 3 amide bonds. The largest absolute Gasteiger partial charge is 0.465 e. The Bertz CT molecular complexity index is 2500. The fourth-order valence-corrected chi connectivity index (χ4v) is 13.7. The first-order chi connectivity index (χ1) is 32.2. The third kappa shape index (κ3) is 9.95. The second-order valence-corrected chi connectivity index (χ2v) is 23.1. The first kappa shape index (κ1) is 47.4. The molecule has 1 saturated carbocycles. The number of hydrogen-bond acceptors (Lipinski definition) is 10. The SMILES string of the molecule is CCCOC(=O)[C@H](C)NP(=O)(Oc1ccccc1)[C@@H](F)c1ccc2sc(C(=O)N[C@H]3CC[C@H](N(C)CC4(C)COC4)C[C@H]4CC[C@@H](C(=O)N5C[C@H](c6ccccc6)CC56CC6)N4C3=O)cc2c1. The molecule has 16 heteroatoms. The zero-order valence-corrected chi connectivity index (χ0v) is 40.6. The van der Waals surface area contributed by atoms with Crippen LogP contribution in [0.1, 0.15) is 111 Å². The molecule has 0 bridgehead atoms. The number of carbonyl (C=O) groups is 4. The minimum Gasteiger partial charge on any atom is -0.465 e. The van der Waals surface area contributed by atoms with E-state index in [-0.39, 0.29) is 58.7 Å². The minimum absolute atomic E-state index is 0.0211. The molecule has 13 nitrogen and oxygen atoms in total. The van der Waals surface area contributed by atoms with Gasteiger partial charge in [0, 0.05) is 46.7 Å². The molecule has 9 rings (SSSR count). The summed E-state index contributed by atoms with van der Waals surface area (Å²) in [6.07, 6.45) is 6.57. The third-order valence-electron chi connectivity index (χ3n) is 14.6. The number of amides is 3. The summed E-state index contributed by atoms with van der Waals surface area (Å²) in [5.41, 5.74) is 1.15. The van der Waals surface area contributed by atoms with E-state index in [1.54, 1.807) is 42.5 Å². The Balaban J connectivity index is 0.954. The predicted molar refractivity (Wildman–Crippen MR) is 256 cm³/mol. The zero-order valence-electron chi connectivity index (χ0n) is 38.9. The average Bonchev–Trinajstić information content (AvgIpc) is 3.59. The van der Waals surface area contributed by atoms with Crippen LogP contribution in [0.2, 0.25) is 0 Å². The summed E-state index contributed by atoms with van der Waals surface area (Å²) in [7, 11) is -2.34. The van der Waals surface area contributed by atoms with Crippen LogP contribution in [0, 0.1) is 5.41 Å². The molecule has 358 valence electrons. The Morgan fingerprint density at radius 1 is 1.00 bits per heavy atom. The van der Waals surface area contributed by atoms with E-state index in [1.165, 1.54) is 36.0 Å². The molecule has 4 aromatic rings. The number of para-hydroxylation sites is 1. The second kappa shape index (κ2) is 19.4. The smallest absolute Gasteiger partial charge is 0.355 e. The summed E-state index contributed by atoms with van der Waals surface area (Å²) < 4.78 is 48.5. The highest BCUT2D eigenvalue weighted by Crippen LogP contribution is 2.58. The highest BCUT2D eigenvalue weighted by molar-refractivity contribution is 7.57. The average molecular weight is 956 g/mol. The van der Waals surface area contributed by atoms with Gasteiger partial charge in [0.1, 0.15) is 23.9 Å². The van der Waals surface area contributed by atoms with E-state index < -0.39 is 43.4 Å². The number of nitrogens with one attached hydrogen (secondary N) is 2. The summed E-state index contributed by atoms with van der Waals surface area (Å²) in [4.78, 5) is 63.5. The van der Waals surface area contributed by atoms with E-state index in [2.05, 4.69) is 58.4 Å². The van der Waals surface area contributed by atoms with Gasteiger partial charge in [-0.1, -0.05) is 68.4 Å².